The van der Waals surface area contributed by atoms with Crippen molar-refractivity contribution in [1.29, 1.82) is 0 Å². The summed E-state index contributed by atoms with van der Waals surface area (Å²) in [6.45, 7) is 5.98. The van der Waals surface area contributed by atoms with Crippen LogP contribution in [0.3, 0.4) is 0 Å². The number of H-pyrrole nitrogens is 1. The number of rotatable bonds is 4. The predicted octanol–water partition coefficient (Wildman–Crippen LogP) is 3.46. The molecule has 2 rings (SSSR count). The van der Waals surface area contributed by atoms with Gasteiger partial charge in [0, 0.05) is 5.56 Å². The highest BCUT2D eigenvalue weighted by Gasteiger charge is 2.20. The van der Waals surface area contributed by atoms with Crippen LogP contribution in [0.1, 0.15) is 48.4 Å². The lowest BCUT2D eigenvalue weighted by Gasteiger charge is -2.04. The standard InChI is InChI=1S/C15H18N2O2/c1-4-10-7-5-6-8-11(10)14-16-12(9(2)3)13(17-14)15(18)19/h5-9H,4H2,1-3H3,(H,16,17)(H,18,19). The summed E-state index contributed by atoms with van der Waals surface area (Å²) in [5.74, 6) is -0.250. The number of aromatic carboxylic acids is 1. The van der Waals surface area contributed by atoms with Crippen molar-refractivity contribution in [2.75, 3.05) is 0 Å². The molecule has 0 atom stereocenters. The summed E-state index contributed by atoms with van der Waals surface area (Å²) < 4.78 is 0. The molecule has 1 heterocycles. The lowest BCUT2D eigenvalue weighted by molar-refractivity contribution is 0.0689. The Labute approximate surface area is 112 Å². The molecule has 100 valence electrons. The molecule has 4 nitrogen and oxygen atoms in total. The number of hydrogen-bond donors (Lipinski definition) is 2. The van der Waals surface area contributed by atoms with Gasteiger partial charge in [-0.15, -0.1) is 0 Å². The van der Waals surface area contributed by atoms with Gasteiger partial charge in [-0.3, -0.25) is 0 Å². The van der Waals surface area contributed by atoms with E-state index in [1.165, 1.54) is 0 Å². The van der Waals surface area contributed by atoms with Crippen molar-refractivity contribution in [3.8, 4) is 11.4 Å². The Kier molecular flexibility index (Phi) is 3.69. The molecule has 1 aromatic carbocycles. The number of aromatic nitrogens is 2. The summed E-state index contributed by atoms with van der Waals surface area (Å²) in [5, 5.41) is 9.22. The van der Waals surface area contributed by atoms with E-state index in [1.54, 1.807) is 0 Å². The maximum absolute atomic E-state index is 11.2. The molecule has 4 heteroatoms. The quantitative estimate of drug-likeness (QED) is 0.882. The molecule has 0 radical (unpaired) electrons. The Morgan fingerprint density at radius 1 is 1.37 bits per heavy atom. The molecule has 0 unspecified atom stereocenters. The molecule has 1 aromatic heterocycles. The highest BCUT2D eigenvalue weighted by atomic mass is 16.4. The summed E-state index contributed by atoms with van der Waals surface area (Å²) in [6, 6.07) is 7.92. The average molecular weight is 258 g/mol. The van der Waals surface area contributed by atoms with Crippen molar-refractivity contribution < 1.29 is 9.90 Å². The second-order valence-electron chi connectivity index (χ2n) is 4.82. The zero-order valence-corrected chi connectivity index (χ0v) is 11.4. The van der Waals surface area contributed by atoms with E-state index in [1.807, 2.05) is 38.1 Å². The zero-order valence-electron chi connectivity index (χ0n) is 11.4. The van der Waals surface area contributed by atoms with Gasteiger partial charge in [-0.1, -0.05) is 45.0 Å². The molecular weight excluding hydrogens is 240 g/mol. The fourth-order valence-electron chi connectivity index (χ4n) is 2.15. The van der Waals surface area contributed by atoms with Crippen LogP contribution in [0.2, 0.25) is 0 Å². The average Bonchev–Trinajstić information content (AvgIpc) is 2.84. The Balaban J connectivity index is 2.57. The van der Waals surface area contributed by atoms with E-state index >= 15 is 0 Å². The van der Waals surface area contributed by atoms with Crippen LogP contribution >= 0.6 is 0 Å². The second-order valence-corrected chi connectivity index (χ2v) is 4.82. The topological polar surface area (TPSA) is 66.0 Å². The van der Waals surface area contributed by atoms with Gasteiger partial charge in [0.25, 0.3) is 0 Å². The first-order valence-electron chi connectivity index (χ1n) is 6.46. The van der Waals surface area contributed by atoms with Crippen molar-refractivity contribution in [3.63, 3.8) is 0 Å². The first-order valence-corrected chi connectivity index (χ1v) is 6.46. The van der Waals surface area contributed by atoms with Crippen LogP contribution in [0.5, 0.6) is 0 Å². The molecule has 2 N–H and O–H groups in total. The number of carboxylic acids is 1. The van der Waals surface area contributed by atoms with E-state index in [4.69, 9.17) is 0 Å². The number of benzene rings is 1. The number of aromatic amines is 1. The maximum atomic E-state index is 11.2. The number of aryl methyl sites for hydroxylation is 1. The molecule has 19 heavy (non-hydrogen) atoms. The SMILES string of the molecule is CCc1ccccc1-c1nc(C(=O)O)c(C(C)C)[nH]1. The molecule has 0 aliphatic carbocycles. The van der Waals surface area contributed by atoms with Gasteiger partial charge >= 0.3 is 5.97 Å². The first kappa shape index (κ1) is 13.3. The van der Waals surface area contributed by atoms with Crippen LogP contribution in [0.4, 0.5) is 0 Å². The van der Waals surface area contributed by atoms with E-state index in [0.29, 0.717) is 11.5 Å². The van der Waals surface area contributed by atoms with Gasteiger partial charge in [0.05, 0.1) is 5.69 Å². The number of nitrogens with zero attached hydrogens (tertiary/aromatic N) is 1. The number of nitrogens with one attached hydrogen (secondary N) is 1. The third kappa shape index (κ3) is 2.52. The predicted molar refractivity (Wildman–Crippen MR) is 74.5 cm³/mol. The van der Waals surface area contributed by atoms with Crippen LogP contribution in [0.25, 0.3) is 11.4 Å². The van der Waals surface area contributed by atoms with Crippen LogP contribution in [-0.2, 0) is 6.42 Å². The van der Waals surface area contributed by atoms with E-state index in [9.17, 15) is 9.90 Å². The zero-order chi connectivity index (χ0) is 14.0. The van der Waals surface area contributed by atoms with Gasteiger partial charge in [-0.2, -0.15) is 0 Å². The van der Waals surface area contributed by atoms with E-state index < -0.39 is 5.97 Å². The number of carbonyl (C=O) groups is 1. The lowest BCUT2D eigenvalue weighted by Crippen LogP contribution is -2.02. The van der Waals surface area contributed by atoms with Crippen LogP contribution in [0.15, 0.2) is 24.3 Å². The normalized spacial score (nSPS) is 10.9. The minimum Gasteiger partial charge on any atom is -0.476 e. The number of hydrogen-bond acceptors (Lipinski definition) is 2. The third-order valence-corrected chi connectivity index (χ3v) is 3.17. The van der Waals surface area contributed by atoms with Crippen LogP contribution in [0, 0.1) is 0 Å². The minimum absolute atomic E-state index is 0.0983. The van der Waals surface area contributed by atoms with Crippen molar-refractivity contribution in [3.05, 3.63) is 41.2 Å². The monoisotopic (exact) mass is 258 g/mol. The Bertz CT molecular complexity index is 600. The Hall–Kier alpha value is -2.10. The molecule has 0 fully saturated rings. The van der Waals surface area contributed by atoms with Gasteiger partial charge in [0.2, 0.25) is 0 Å². The highest BCUT2D eigenvalue weighted by molar-refractivity contribution is 5.88. The highest BCUT2D eigenvalue weighted by Crippen LogP contribution is 2.26. The van der Waals surface area contributed by atoms with Gasteiger partial charge in [-0.05, 0) is 17.9 Å². The smallest absolute Gasteiger partial charge is 0.356 e. The molecule has 0 saturated heterocycles. The summed E-state index contributed by atoms with van der Waals surface area (Å²) in [4.78, 5) is 18.7. The van der Waals surface area contributed by atoms with Gasteiger partial charge in [0.15, 0.2) is 5.69 Å². The van der Waals surface area contributed by atoms with Gasteiger partial charge in [-0.25, -0.2) is 9.78 Å². The van der Waals surface area contributed by atoms with Crippen LogP contribution in [-0.4, -0.2) is 21.0 Å². The van der Waals surface area contributed by atoms with Gasteiger partial charge < -0.3 is 10.1 Å². The molecule has 2 aromatic rings. The largest absolute Gasteiger partial charge is 0.476 e. The summed E-state index contributed by atoms with van der Waals surface area (Å²) in [6.07, 6.45) is 0.885. The van der Waals surface area contributed by atoms with Crippen molar-refractivity contribution >= 4 is 5.97 Å². The Morgan fingerprint density at radius 3 is 2.58 bits per heavy atom. The molecule has 0 aliphatic rings. The molecule has 0 aliphatic heterocycles. The molecule has 0 saturated carbocycles. The molecule has 0 spiro atoms. The third-order valence-electron chi connectivity index (χ3n) is 3.17. The molecule has 0 bridgehead atoms. The second kappa shape index (κ2) is 5.26. The lowest BCUT2D eigenvalue weighted by atomic mass is 10.1. The Morgan fingerprint density at radius 2 is 2.05 bits per heavy atom. The maximum Gasteiger partial charge on any atom is 0.356 e. The number of imidazole rings is 1. The van der Waals surface area contributed by atoms with Crippen molar-refractivity contribution in [2.24, 2.45) is 0 Å². The van der Waals surface area contributed by atoms with E-state index in [-0.39, 0.29) is 11.6 Å². The van der Waals surface area contributed by atoms with Crippen molar-refractivity contribution in [1.82, 2.24) is 9.97 Å². The summed E-state index contributed by atoms with van der Waals surface area (Å²) in [5.41, 5.74) is 2.92. The fraction of sp³-hybridized carbons (Fsp3) is 0.333. The minimum atomic E-state index is -0.986. The first-order chi connectivity index (χ1) is 9.04. The molecule has 0 amide bonds. The summed E-state index contributed by atoms with van der Waals surface area (Å²) in [7, 11) is 0. The summed E-state index contributed by atoms with van der Waals surface area (Å²) >= 11 is 0. The van der Waals surface area contributed by atoms with E-state index in [2.05, 4.69) is 16.9 Å². The fourth-order valence-corrected chi connectivity index (χ4v) is 2.15. The van der Waals surface area contributed by atoms with Crippen molar-refractivity contribution in [2.45, 2.75) is 33.1 Å². The molecular formula is C15H18N2O2. The van der Waals surface area contributed by atoms with Gasteiger partial charge in [0.1, 0.15) is 5.82 Å². The number of carboxylic acid groups (broad SMARTS) is 1. The van der Waals surface area contributed by atoms with E-state index in [0.717, 1.165) is 17.5 Å². The van der Waals surface area contributed by atoms with Crippen LogP contribution < -0.4 is 0 Å².